The van der Waals surface area contributed by atoms with Gasteiger partial charge in [-0.05, 0) is 76.8 Å². The molecule has 10 nitrogen and oxygen atoms in total. The quantitative estimate of drug-likeness (QED) is 0.180. The fourth-order valence-electron chi connectivity index (χ4n) is 4.25. The Balaban J connectivity index is 1.56. The highest BCUT2D eigenvalue weighted by Crippen LogP contribution is 2.26. The number of hydrogen-bond donors (Lipinski definition) is 1. The van der Waals surface area contributed by atoms with Gasteiger partial charge in [0.25, 0.3) is 0 Å². The van der Waals surface area contributed by atoms with Gasteiger partial charge in [-0.15, -0.1) is 15.0 Å². The van der Waals surface area contributed by atoms with Gasteiger partial charge in [-0.1, -0.05) is 32.0 Å². The number of aryl methyl sites for hydroxylation is 1. The van der Waals surface area contributed by atoms with Crippen LogP contribution in [0, 0.1) is 17.8 Å². The summed E-state index contributed by atoms with van der Waals surface area (Å²) in [5.41, 5.74) is 2.83. The predicted octanol–water partition coefficient (Wildman–Crippen LogP) is 4.78. The molecule has 0 saturated heterocycles. The molecule has 3 atom stereocenters. The number of phenols is 1. The number of benzene rings is 2. The largest absolute Gasteiger partial charge is 0.506 e. The van der Waals surface area contributed by atoms with Crippen LogP contribution in [0.25, 0.3) is 16.7 Å². The molecule has 3 unspecified atom stereocenters. The summed E-state index contributed by atoms with van der Waals surface area (Å²) in [6.45, 7) is 10.4. The highest BCUT2D eigenvalue weighted by molar-refractivity contribution is 5.83. The third kappa shape index (κ3) is 8.27. The molecule has 216 valence electrons. The maximum Gasteiger partial charge on any atom is 0.310 e. The van der Waals surface area contributed by atoms with Crippen molar-refractivity contribution in [2.45, 2.75) is 73.0 Å². The maximum atomic E-state index is 12.8. The second kappa shape index (κ2) is 13.9. The van der Waals surface area contributed by atoms with E-state index >= 15 is 0 Å². The van der Waals surface area contributed by atoms with Gasteiger partial charge in [0.1, 0.15) is 22.5 Å². The summed E-state index contributed by atoms with van der Waals surface area (Å²) in [7, 11) is 0. The Morgan fingerprint density at radius 2 is 1.45 bits per heavy atom. The third-order valence-corrected chi connectivity index (χ3v) is 6.39. The second-order valence-corrected chi connectivity index (χ2v) is 10.6. The Morgan fingerprint density at radius 3 is 2.05 bits per heavy atom. The van der Waals surface area contributed by atoms with Crippen LogP contribution in [0.2, 0.25) is 0 Å². The van der Waals surface area contributed by atoms with Gasteiger partial charge in [0, 0.05) is 0 Å². The first kappa shape index (κ1) is 30.6. The van der Waals surface area contributed by atoms with Crippen molar-refractivity contribution in [2.75, 3.05) is 6.61 Å². The molecule has 0 saturated carbocycles. The number of aromatic hydroxyl groups is 1. The fourth-order valence-corrected chi connectivity index (χ4v) is 4.25. The summed E-state index contributed by atoms with van der Waals surface area (Å²) >= 11 is 0. The van der Waals surface area contributed by atoms with E-state index in [4.69, 9.17) is 14.2 Å². The summed E-state index contributed by atoms with van der Waals surface area (Å²) in [5.74, 6) is -3.67. The third-order valence-electron chi connectivity index (χ3n) is 6.39. The van der Waals surface area contributed by atoms with Crippen LogP contribution >= 0.6 is 0 Å². The molecule has 0 aliphatic heterocycles. The number of carbonyl (C=O) groups excluding carboxylic acids is 3. The lowest BCUT2D eigenvalue weighted by atomic mass is 9.85. The molecular weight excluding hydrogens is 514 g/mol. The number of ether oxygens (including phenoxy) is 3. The van der Waals surface area contributed by atoms with Crippen molar-refractivity contribution in [2.24, 2.45) is 17.8 Å². The Labute approximate surface area is 234 Å². The molecule has 0 fully saturated rings. The summed E-state index contributed by atoms with van der Waals surface area (Å²) in [4.78, 5) is 39.4. The van der Waals surface area contributed by atoms with E-state index in [9.17, 15) is 19.5 Å². The van der Waals surface area contributed by atoms with Crippen molar-refractivity contribution in [1.82, 2.24) is 15.0 Å². The van der Waals surface area contributed by atoms with Crippen molar-refractivity contribution in [1.29, 1.82) is 0 Å². The minimum Gasteiger partial charge on any atom is -0.506 e. The molecule has 0 amide bonds. The van der Waals surface area contributed by atoms with E-state index in [1.807, 2.05) is 24.3 Å². The predicted molar refractivity (Wildman–Crippen MR) is 149 cm³/mol. The first-order valence-electron chi connectivity index (χ1n) is 13.7. The van der Waals surface area contributed by atoms with E-state index in [-0.39, 0.29) is 31.0 Å². The molecule has 1 aromatic heterocycles. The SMILES string of the molecule is CC(C)OC(=O)C(C)C(CC(C)C(=O)OCCCc1ccc(O)c(-n2nc3ccccc3n2)c1)C(=O)OC(C)C. The van der Waals surface area contributed by atoms with Crippen molar-refractivity contribution in [3.8, 4) is 11.4 Å². The zero-order valence-corrected chi connectivity index (χ0v) is 24.0. The second-order valence-electron chi connectivity index (χ2n) is 10.6. The highest BCUT2D eigenvalue weighted by Gasteiger charge is 2.36. The van der Waals surface area contributed by atoms with Crippen molar-refractivity contribution in [3.05, 3.63) is 48.0 Å². The molecule has 2 aromatic carbocycles. The van der Waals surface area contributed by atoms with Gasteiger partial charge in [-0.2, -0.15) is 0 Å². The van der Waals surface area contributed by atoms with Gasteiger partial charge in [0.05, 0.1) is 36.6 Å². The summed E-state index contributed by atoms with van der Waals surface area (Å²) < 4.78 is 16.1. The average Bonchev–Trinajstić information content (AvgIpc) is 3.33. The van der Waals surface area contributed by atoms with E-state index in [1.54, 1.807) is 59.7 Å². The lowest BCUT2D eigenvalue weighted by Gasteiger charge is -2.25. The van der Waals surface area contributed by atoms with Crippen LogP contribution < -0.4 is 0 Å². The number of phenolic OH excluding ortho intramolecular Hbond substituents is 1. The molecule has 40 heavy (non-hydrogen) atoms. The van der Waals surface area contributed by atoms with E-state index in [1.165, 1.54) is 4.80 Å². The first-order valence-corrected chi connectivity index (χ1v) is 13.7. The normalized spacial score (nSPS) is 13.7. The lowest BCUT2D eigenvalue weighted by Crippen LogP contribution is -2.35. The van der Waals surface area contributed by atoms with Crippen molar-refractivity contribution in [3.63, 3.8) is 0 Å². The minimum atomic E-state index is -0.834. The Morgan fingerprint density at radius 1 is 0.850 bits per heavy atom. The molecular formula is C30H39N3O7. The number of rotatable bonds is 13. The first-order chi connectivity index (χ1) is 19.0. The smallest absolute Gasteiger partial charge is 0.310 e. The number of fused-ring (bicyclic) bond motifs is 1. The lowest BCUT2D eigenvalue weighted by molar-refractivity contribution is -0.166. The summed E-state index contributed by atoms with van der Waals surface area (Å²) in [5, 5.41) is 19.2. The van der Waals surface area contributed by atoms with Crippen LogP contribution in [-0.2, 0) is 35.0 Å². The number of nitrogens with zero attached hydrogens (tertiary/aromatic N) is 3. The average molecular weight is 554 g/mol. The Hall–Kier alpha value is -3.95. The van der Waals surface area contributed by atoms with Crippen molar-refractivity contribution >= 4 is 28.9 Å². The maximum absolute atomic E-state index is 12.8. The number of carbonyl (C=O) groups is 3. The van der Waals surface area contributed by atoms with Gasteiger partial charge < -0.3 is 19.3 Å². The highest BCUT2D eigenvalue weighted by atomic mass is 16.6. The van der Waals surface area contributed by atoms with E-state index in [0.29, 0.717) is 18.5 Å². The molecule has 3 aromatic rings. The Kier molecular flexibility index (Phi) is 10.6. The standard InChI is InChI=1S/C30H39N3O7/c1-18(2)39-29(36)21(6)23(30(37)40-19(3)4)16-20(5)28(35)38-15-9-10-22-13-14-27(34)26(17-22)33-31-24-11-7-8-12-25(24)32-33/h7-8,11-14,17-21,23,34H,9-10,15-16H2,1-6H3. The van der Waals surface area contributed by atoms with E-state index in [2.05, 4.69) is 10.2 Å². The van der Waals surface area contributed by atoms with E-state index < -0.39 is 35.7 Å². The zero-order chi connectivity index (χ0) is 29.4. The van der Waals surface area contributed by atoms with Crippen LogP contribution in [-0.4, -0.2) is 56.8 Å². The van der Waals surface area contributed by atoms with Crippen LogP contribution in [0.1, 0.15) is 59.9 Å². The number of hydrogen-bond acceptors (Lipinski definition) is 9. The molecule has 3 rings (SSSR count). The van der Waals surface area contributed by atoms with Crippen LogP contribution in [0.3, 0.4) is 0 Å². The van der Waals surface area contributed by atoms with Gasteiger partial charge in [-0.3, -0.25) is 14.4 Å². The van der Waals surface area contributed by atoms with Crippen LogP contribution in [0.15, 0.2) is 42.5 Å². The van der Waals surface area contributed by atoms with Crippen molar-refractivity contribution < 1.29 is 33.7 Å². The molecule has 0 bridgehead atoms. The van der Waals surface area contributed by atoms with Gasteiger partial charge in [-0.25, -0.2) is 0 Å². The van der Waals surface area contributed by atoms with Gasteiger partial charge >= 0.3 is 17.9 Å². The topological polar surface area (TPSA) is 130 Å². The molecule has 0 aliphatic rings. The fraction of sp³-hybridized carbons (Fsp3) is 0.500. The van der Waals surface area contributed by atoms with Gasteiger partial charge in [0.15, 0.2) is 0 Å². The molecule has 0 radical (unpaired) electrons. The zero-order valence-electron chi connectivity index (χ0n) is 24.0. The monoisotopic (exact) mass is 553 g/mol. The molecule has 1 heterocycles. The van der Waals surface area contributed by atoms with Crippen LogP contribution in [0.4, 0.5) is 0 Å². The van der Waals surface area contributed by atoms with E-state index in [0.717, 1.165) is 16.6 Å². The number of esters is 3. The minimum absolute atomic E-state index is 0.0568. The molecule has 1 N–H and O–H groups in total. The summed E-state index contributed by atoms with van der Waals surface area (Å²) in [6.07, 6.45) is 0.573. The Bertz CT molecular complexity index is 1280. The molecule has 0 aliphatic carbocycles. The summed E-state index contributed by atoms with van der Waals surface area (Å²) in [6, 6.07) is 12.6. The molecule has 0 spiro atoms. The number of aromatic nitrogens is 3. The van der Waals surface area contributed by atoms with Crippen LogP contribution in [0.5, 0.6) is 5.75 Å². The van der Waals surface area contributed by atoms with Gasteiger partial charge in [0.2, 0.25) is 0 Å². The molecule has 10 heteroatoms.